The SMILES string of the molecule is CCCCCc1ccc(N2B3c4cc5oc6ccccc6c5cc4-n4c5ccc(C(C)(C)C)cc5c5c(C(c6ccccc6)c6ccccc6)cc(c3c54)-c3ccccc32)cc1. The molecule has 4 heteroatoms. The van der Waals surface area contributed by atoms with Crippen LogP contribution in [0.1, 0.15) is 80.7 Å². The molecule has 4 heterocycles. The molecule has 0 saturated heterocycles. The molecule has 0 N–H and O–H groups in total. The van der Waals surface area contributed by atoms with Gasteiger partial charge in [0.1, 0.15) is 11.2 Å². The van der Waals surface area contributed by atoms with E-state index in [-0.39, 0.29) is 18.2 Å². The van der Waals surface area contributed by atoms with E-state index in [1.807, 2.05) is 0 Å². The lowest BCUT2D eigenvalue weighted by Crippen LogP contribution is -2.60. The fourth-order valence-electron chi connectivity index (χ4n) is 10.9. The summed E-state index contributed by atoms with van der Waals surface area (Å²) >= 11 is 0. The Morgan fingerprint density at radius 2 is 1.31 bits per heavy atom. The number of hydrogen-bond acceptors (Lipinski definition) is 2. The first kappa shape index (κ1) is 37.0. The van der Waals surface area contributed by atoms with Gasteiger partial charge in [-0.1, -0.05) is 156 Å². The zero-order valence-corrected chi connectivity index (χ0v) is 36.0. The van der Waals surface area contributed by atoms with Crippen molar-refractivity contribution in [2.24, 2.45) is 0 Å². The molecule has 12 rings (SSSR count). The number of furan rings is 1. The van der Waals surface area contributed by atoms with Gasteiger partial charge >= 0.3 is 6.85 Å². The maximum absolute atomic E-state index is 6.74. The molecule has 0 aliphatic carbocycles. The highest BCUT2D eigenvalue weighted by Gasteiger charge is 2.45. The van der Waals surface area contributed by atoms with Crippen molar-refractivity contribution in [1.29, 1.82) is 0 Å². The van der Waals surface area contributed by atoms with Crippen molar-refractivity contribution in [2.45, 2.75) is 64.7 Å². The Labute approximate surface area is 364 Å². The first-order valence-electron chi connectivity index (χ1n) is 22.6. The summed E-state index contributed by atoms with van der Waals surface area (Å²) in [6.45, 7) is 9.17. The molecule has 0 atom stereocenters. The van der Waals surface area contributed by atoms with Crippen molar-refractivity contribution in [3.05, 3.63) is 198 Å². The number of rotatable bonds is 8. The van der Waals surface area contributed by atoms with E-state index in [1.165, 1.54) is 108 Å². The molecule has 0 spiro atoms. The lowest BCUT2D eigenvalue weighted by Gasteiger charge is -2.42. The highest BCUT2D eigenvalue weighted by molar-refractivity contribution is 6.94. The number of anilines is 2. The van der Waals surface area contributed by atoms with Crippen LogP contribution in [0.2, 0.25) is 0 Å². The minimum absolute atomic E-state index is 0.00521. The molecule has 2 aliphatic heterocycles. The molecule has 0 saturated carbocycles. The standard InChI is InChI=1S/C58H49BN2O/c1-5-6-9-18-37-27-30-41(31-28-37)61-50-25-16-14-23-42(50)45-34-47(54(38-19-10-7-11-20-38)39-21-12-8-13-22-39)55-46-33-40(58(2,3)4)29-32-49(46)60-51-35-44-43-24-15-17-26-52(43)62-53(44)36-48(51)59(61)56(45)57(55)60/h7-8,10-17,19-36,54H,5-6,9,18H2,1-4H3. The van der Waals surface area contributed by atoms with Crippen LogP contribution in [0.5, 0.6) is 0 Å². The molecule has 62 heavy (non-hydrogen) atoms. The van der Waals surface area contributed by atoms with Gasteiger partial charge in [-0.25, -0.2) is 0 Å². The highest BCUT2D eigenvalue weighted by Crippen LogP contribution is 2.50. The summed E-state index contributed by atoms with van der Waals surface area (Å²) in [6, 6.07) is 64.1. The summed E-state index contributed by atoms with van der Waals surface area (Å²) in [5.41, 5.74) is 19.8. The molecular formula is C58H49BN2O. The first-order chi connectivity index (χ1) is 30.4. The van der Waals surface area contributed by atoms with Crippen molar-refractivity contribution in [1.82, 2.24) is 4.57 Å². The molecule has 0 unspecified atom stereocenters. The Hall–Kier alpha value is -6.78. The molecule has 2 aliphatic rings. The third kappa shape index (κ3) is 5.58. The smallest absolute Gasteiger partial charge is 0.333 e. The predicted molar refractivity (Wildman–Crippen MR) is 263 cm³/mol. The van der Waals surface area contributed by atoms with Crippen molar-refractivity contribution in [3.63, 3.8) is 0 Å². The van der Waals surface area contributed by atoms with Crippen LogP contribution in [-0.2, 0) is 11.8 Å². The van der Waals surface area contributed by atoms with E-state index in [0.717, 1.165) is 28.4 Å². The summed E-state index contributed by atoms with van der Waals surface area (Å²) in [7, 11) is 0. The van der Waals surface area contributed by atoms with Crippen LogP contribution in [0.3, 0.4) is 0 Å². The number of aryl methyl sites for hydroxylation is 1. The molecule has 0 amide bonds. The number of aromatic nitrogens is 1. The number of benzene rings is 8. The van der Waals surface area contributed by atoms with Crippen LogP contribution in [0.25, 0.3) is 60.6 Å². The molecule has 0 bridgehead atoms. The number of para-hydroxylation sites is 2. The third-order valence-corrected chi connectivity index (χ3v) is 13.9. The van der Waals surface area contributed by atoms with Crippen LogP contribution in [0.15, 0.2) is 174 Å². The average molecular weight is 801 g/mol. The fourth-order valence-corrected chi connectivity index (χ4v) is 10.9. The van der Waals surface area contributed by atoms with Crippen molar-refractivity contribution in [3.8, 4) is 16.8 Å². The van der Waals surface area contributed by atoms with E-state index in [1.54, 1.807) is 0 Å². The topological polar surface area (TPSA) is 21.3 Å². The predicted octanol–water partition coefficient (Wildman–Crippen LogP) is 14.1. The van der Waals surface area contributed by atoms with E-state index >= 15 is 0 Å². The number of unbranched alkanes of at least 4 members (excludes halogenated alkanes) is 2. The number of fused-ring (bicyclic) bond motifs is 11. The van der Waals surface area contributed by atoms with Gasteiger partial charge in [-0.15, -0.1) is 0 Å². The average Bonchev–Trinajstić information content (AvgIpc) is 3.84. The molecule has 300 valence electrons. The Balaban J connectivity index is 1.25. The zero-order chi connectivity index (χ0) is 41.7. The van der Waals surface area contributed by atoms with Gasteiger partial charge < -0.3 is 13.8 Å². The van der Waals surface area contributed by atoms with E-state index in [2.05, 4.69) is 207 Å². The lowest BCUT2D eigenvalue weighted by atomic mass is 9.43. The van der Waals surface area contributed by atoms with Gasteiger partial charge in [-0.3, -0.25) is 0 Å². The molecular weight excluding hydrogens is 751 g/mol. The van der Waals surface area contributed by atoms with Crippen molar-refractivity contribution in [2.75, 3.05) is 4.81 Å². The van der Waals surface area contributed by atoms with Gasteiger partial charge in [0, 0.05) is 50.1 Å². The number of nitrogens with zero attached hydrogens (tertiary/aromatic N) is 2. The van der Waals surface area contributed by atoms with Crippen LogP contribution in [0, 0.1) is 0 Å². The second-order valence-corrected chi connectivity index (χ2v) is 18.6. The highest BCUT2D eigenvalue weighted by atomic mass is 16.3. The van der Waals surface area contributed by atoms with Crippen LogP contribution >= 0.6 is 0 Å². The quantitative estimate of drug-likeness (QED) is 0.0867. The van der Waals surface area contributed by atoms with E-state index in [9.17, 15) is 0 Å². The largest absolute Gasteiger partial charge is 0.456 e. The van der Waals surface area contributed by atoms with Crippen LogP contribution in [-0.4, -0.2) is 11.4 Å². The second kappa shape index (κ2) is 14.1. The molecule has 0 fully saturated rings. The lowest BCUT2D eigenvalue weighted by molar-refractivity contribution is 0.591. The van der Waals surface area contributed by atoms with Gasteiger partial charge in [-0.05, 0) is 117 Å². The summed E-state index contributed by atoms with van der Waals surface area (Å²) in [5, 5.41) is 4.92. The molecule has 2 aromatic heterocycles. The maximum atomic E-state index is 6.74. The Morgan fingerprint density at radius 1 is 0.597 bits per heavy atom. The van der Waals surface area contributed by atoms with Gasteiger partial charge in [0.25, 0.3) is 0 Å². The molecule has 8 aromatic carbocycles. The minimum atomic E-state index is -0.110. The summed E-state index contributed by atoms with van der Waals surface area (Å²) in [6.07, 6.45) is 4.80. The first-order valence-corrected chi connectivity index (χ1v) is 22.6. The van der Waals surface area contributed by atoms with Crippen LogP contribution in [0.4, 0.5) is 11.4 Å². The summed E-state index contributed by atoms with van der Waals surface area (Å²) in [4.78, 5) is 2.63. The van der Waals surface area contributed by atoms with Gasteiger partial charge in [0.05, 0.1) is 11.0 Å². The monoisotopic (exact) mass is 800 g/mol. The molecule has 3 nitrogen and oxygen atoms in total. The second-order valence-electron chi connectivity index (χ2n) is 18.6. The summed E-state index contributed by atoms with van der Waals surface area (Å²) in [5.74, 6) is 0.00521. The van der Waals surface area contributed by atoms with Crippen molar-refractivity contribution < 1.29 is 4.42 Å². The van der Waals surface area contributed by atoms with Gasteiger partial charge in [0.15, 0.2) is 0 Å². The van der Waals surface area contributed by atoms with Crippen molar-refractivity contribution >= 4 is 72.9 Å². The minimum Gasteiger partial charge on any atom is -0.456 e. The van der Waals surface area contributed by atoms with E-state index in [4.69, 9.17) is 4.42 Å². The zero-order valence-electron chi connectivity index (χ0n) is 36.0. The fraction of sp³-hybridized carbons (Fsp3) is 0.172. The Morgan fingerprint density at radius 3 is 2.05 bits per heavy atom. The third-order valence-electron chi connectivity index (χ3n) is 13.9. The number of hydrogen-bond donors (Lipinski definition) is 0. The van der Waals surface area contributed by atoms with E-state index < -0.39 is 0 Å². The van der Waals surface area contributed by atoms with E-state index in [0.29, 0.717) is 0 Å². The molecule has 10 aromatic rings. The Bertz CT molecular complexity index is 3310. The normalized spacial score (nSPS) is 13.2. The summed E-state index contributed by atoms with van der Waals surface area (Å²) < 4.78 is 9.36. The van der Waals surface area contributed by atoms with Crippen LogP contribution < -0.4 is 15.7 Å². The van der Waals surface area contributed by atoms with Gasteiger partial charge in [0.2, 0.25) is 0 Å². The molecule has 0 radical (unpaired) electrons. The van der Waals surface area contributed by atoms with Gasteiger partial charge in [-0.2, -0.15) is 0 Å². The Kier molecular flexibility index (Phi) is 8.44. The maximum Gasteiger partial charge on any atom is 0.333 e.